The summed E-state index contributed by atoms with van der Waals surface area (Å²) in [6, 6.07) is 0.275. The number of nitrogens with one attached hydrogen (secondary N) is 1. The highest BCUT2D eigenvalue weighted by Gasteiger charge is 2.44. The summed E-state index contributed by atoms with van der Waals surface area (Å²) < 4.78 is 0. The third-order valence-electron chi connectivity index (χ3n) is 6.43. The van der Waals surface area contributed by atoms with Crippen molar-refractivity contribution in [3.8, 4) is 0 Å². The highest BCUT2D eigenvalue weighted by molar-refractivity contribution is 5.77. The normalized spacial score (nSPS) is 28.4. The molecule has 3 unspecified atom stereocenters. The fraction of sp³-hybridized carbons (Fsp3) is 0.905. The monoisotopic (exact) mass is 382 g/mol. The number of piperazine rings is 1. The van der Waals surface area contributed by atoms with Gasteiger partial charge in [0.2, 0.25) is 11.8 Å². The molecule has 3 aliphatic rings. The Morgan fingerprint density at radius 2 is 1.67 bits per heavy atom. The minimum atomic E-state index is 0. The van der Waals surface area contributed by atoms with Crippen molar-refractivity contribution in [2.75, 3.05) is 52.4 Å². The summed E-state index contributed by atoms with van der Waals surface area (Å²) in [5, 5.41) is 3.16. The van der Waals surface area contributed by atoms with E-state index in [1.165, 1.54) is 0 Å². The molecule has 3 fully saturated rings. The second kappa shape index (κ2) is 11.0. The van der Waals surface area contributed by atoms with E-state index in [9.17, 15) is 9.59 Å². The average Bonchev–Trinajstić information content (AvgIpc) is 3.30. The lowest BCUT2D eigenvalue weighted by Gasteiger charge is -2.34. The summed E-state index contributed by atoms with van der Waals surface area (Å²) >= 11 is 0. The smallest absolute Gasteiger partial charge is 0.223 e. The van der Waals surface area contributed by atoms with Crippen LogP contribution in [0.1, 0.15) is 54.8 Å². The van der Waals surface area contributed by atoms with Gasteiger partial charge in [-0.15, -0.1) is 0 Å². The Bertz CT molecular complexity index is 483. The maximum Gasteiger partial charge on any atom is 0.223 e. The van der Waals surface area contributed by atoms with Gasteiger partial charge in [-0.25, -0.2) is 0 Å². The molecule has 3 rings (SSSR count). The minimum Gasteiger partial charge on any atom is -0.353 e. The van der Waals surface area contributed by atoms with Crippen LogP contribution in [0.25, 0.3) is 0 Å². The molecule has 2 amide bonds. The number of likely N-dealkylation sites (tertiary alicyclic amines) is 1. The topological polar surface area (TPSA) is 55.9 Å². The van der Waals surface area contributed by atoms with E-state index in [2.05, 4.69) is 26.9 Å². The first-order valence-electron chi connectivity index (χ1n) is 11.1. The van der Waals surface area contributed by atoms with E-state index in [4.69, 9.17) is 0 Å². The molecule has 158 valence electrons. The number of amides is 2. The first kappa shape index (κ1) is 22.2. The molecule has 0 spiro atoms. The second-order valence-corrected chi connectivity index (χ2v) is 7.85. The van der Waals surface area contributed by atoms with E-state index in [1.54, 1.807) is 0 Å². The number of carbonyl (C=O) groups excluding carboxylic acids is 2. The number of hydrogen-bond donors (Lipinski definition) is 1. The van der Waals surface area contributed by atoms with Gasteiger partial charge in [0.25, 0.3) is 0 Å². The van der Waals surface area contributed by atoms with E-state index in [1.807, 2.05) is 20.8 Å². The molecule has 0 aromatic rings. The molecule has 2 heterocycles. The van der Waals surface area contributed by atoms with Crippen LogP contribution in [0.3, 0.4) is 0 Å². The highest BCUT2D eigenvalue weighted by atomic mass is 16.2. The maximum atomic E-state index is 12.6. The Kier molecular flexibility index (Phi) is 9.03. The van der Waals surface area contributed by atoms with Gasteiger partial charge in [-0.05, 0) is 25.3 Å². The van der Waals surface area contributed by atoms with Crippen molar-refractivity contribution in [1.82, 2.24) is 20.0 Å². The number of nitrogens with zero attached hydrogens (tertiary/aromatic N) is 3. The molecule has 27 heavy (non-hydrogen) atoms. The minimum absolute atomic E-state index is 0. The van der Waals surface area contributed by atoms with E-state index in [-0.39, 0.29) is 13.4 Å². The lowest BCUT2D eigenvalue weighted by molar-refractivity contribution is -0.130. The summed E-state index contributed by atoms with van der Waals surface area (Å²) in [5.74, 6) is 1.49. The van der Waals surface area contributed by atoms with Gasteiger partial charge in [0.15, 0.2) is 0 Å². The van der Waals surface area contributed by atoms with Crippen LogP contribution >= 0.6 is 0 Å². The molecule has 0 bridgehead atoms. The van der Waals surface area contributed by atoms with Crippen LogP contribution in [0, 0.1) is 11.8 Å². The third-order valence-corrected chi connectivity index (χ3v) is 6.43. The Hall–Kier alpha value is -1.14. The maximum absolute atomic E-state index is 12.6. The molecule has 1 saturated carbocycles. The van der Waals surface area contributed by atoms with Gasteiger partial charge in [0, 0.05) is 72.0 Å². The van der Waals surface area contributed by atoms with Crippen molar-refractivity contribution in [3.05, 3.63) is 0 Å². The molecule has 6 nitrogen and oxygen atoms in total. The van der Waals surface area contributed by atoms with Gasteiger partial charge in [-0.2, -0.15) is 0 Å². The van der Waals surface area contributed by atoms with Crippen molar-refractivity contribution in [2.24, 2.45) is 11.8 Å². The van der Waals surface area contributed by atoms with Gasteiger partial charge < -0.3 is 20.0 Å². The Morgan fingerprint density at radius 3 is 2.30 bits per heavy atom. The van der Waals surface area contributed by atoms with E-state index in [0.717, 1.165) is 65.2 Å². The van der Waals surface area contributed by atoms with Crippen LogP contribution in [0.2, 0.25) is 0 Å². The number of rotatable bonds is 6. The van der Waals surface area contributed by atoms with Gasteiger partial charge in [-0.1, -0.05) is 27.7 Å². The van der Waals surface area contributed by atoms with Crippen LogP contribution in [-0.2, 0) is 9.59 Å². The third kappa shape index (κ3) is 5.92. The zero-order chi connectivity index (χ0) is 19.8. The first-order valence-corrected chi connectivity index (χ1v) is 11.1. The molecule has 1 N–H and O–H groups in total. The standard InChI is InChI=1S/C19H34N4O2.C2H6.H2/c1-3-18(24)20-17-6-5-15-13-23(14-16(15)17)19(25)7-8-22-11-9-21(4-2)10-12-22;1-2;/h15-17H,3-14H2,1-2H3,(H,20,24);1-2H3;1H. The summed E-state index contributed by atoms with van der Waals surface area (Å²) in [5.41, 5.74) is 0. The predicted octanol–water partition coefficient (Wildman–Crippen LogP) is 2.05. The van der Waals surface area contributed by atoms with E-state index < -0.39 is 0 Å². The van der Waals surface area contributed by atoms with E-state index >= 15 is 0 Å². The van der Waals surface area contributed by atoms with Crippen LogP contribution in [0.15, 0.2) is 0 Å². The summed E-state index contributed by atoms with van der Waals surface area (Å²) in [4.78, 5) is 31.3. The first-order chi connectivity index (χ1) is 13.1. The fourth-order valence-electron chi connectivity index (χ4n) is 4.70. The van der Waals surface area contributed by atoms with Gasteiger partial charge in [-0.3, -0.25) is 9.59 Å². The van der Waals surface area contributed by atoms with E-state index in [0.29, 0.717) is 30.6 Å². The van der Waals surface area contributed by atoms with Gasteiger partial charge >= 0.3 is 0 Å². The second-order valence-electron chi connectivity index (χ2n) is 7.85. The number of hydrogen-bond acceptors (Lipinski definition) is 4. The van der Waals surface area contributed by atoms with Crippen LogP contribution in [0.4, 0.5) is 0 Å². The summed E-state index contributed by atoms with van der Waals surface area (Å²) in [7, 11) is 0. The molecule has 2 aliphatic heterocycles. The zero-order valence-electron chi connectivity index (χ0n) is 17.9. The fourth-order valence-corrected chi connectivity index (χ4v) is 4.70. The molecular formula is C21H42N4O2. The summed E-state index contributed by atoms with van der Waals surface area (Å²) in [6.45, 7) is 16.3. The Labute approximate surface area is 167 Å². The molecule has 0 aromatic carbocycles. The molecule has 0 radical (unpaired) electrons. The van der Waals surface area contributed by atoms with Crippen molar-refractivity contribution in [1.29, 1.82) is 0 Å². The van der Waals surface area contributed by atoms with Crippen molar-refractivity contribution in [2.45, 2.75) is 59.4 Å². The van der Waals surface area contributed by atoms with Crippen molar-refractivity contribution >= 4 is 11.8 Å². The molecule has 1 aliphatic carbocycles. The molecule has 2 saturated heterocycles. The predicted molar refractivity (Wildman–Crippen MR) is 112 cm³/mol. The van der Waals surface area contributed by atoms with Gasteiger partial charge in [0.05, 0.1) is 0 Å². The molecule has 0 aromatic heterocycles. The van der Waals surface area contributed by atoms with Crippen LogP contribution in [0.5, 0.6) is 0 Å². The molecule has 3 atom stereocenters. The summed E-state index contributed by atoms with van der Waals surface area (Å²) in [6.07, 6.45) is 3.40. The molecule has 6 heteroatoms. The lowest BCUT2D eigenvalue weighted by Crippen LogP contribution is -2.47. The van der Waals surface area contributed by atoms with Crippen molar-refractivity contribution in [3.63, 3.8) is 0 Å². The quantitative estimate of drug-likeness (QED) is 0.764. The average molecular weight is 383 g/mol. The number of likely N-dealkylation sites (N-methyl/N-ethyl adjacent to an activating group) is 1. The Balaban J connectivity index is 0.00000127. The van der Waals surface area contributed by atoms with Gasteiger partial charge in [0.1, 0.15) is 0 Å². The Morgan fingerprint density at radius 1 is 1.00 bits per heavy atom. The van der Waals surface area contributed by atoms with Crippen LogP contribution in [-0.4, -0.2) is 84.9 Å². The zero-order valence-corrected chi connectivity index (χ0v) is 17.9. The largest absolute Gasteiger partial charge is 0.353 e. The lowest BCUT2D eigenvalue weighted by atomic mass is 9.98. The SMILES string of the molecule is CC.CCC(=O)NC1CCC2CN(C(=O)CCN3CCN(CC)CC3)CC21.[HH]. The number of carbonyl (C=O) groups is 2. The van der Waals surface area contributed by atoms with Crippen LogP contribution < -0.4 is 5.32 Å². The molecular weight excluding hydrogens is 340 g/mol. The number of fused-ring (bicyclic) bond motifs is 1. The highest BCUT2D eigenvalue weighted by Crippen LogP contribution is 2.38. The van der Waals surface area contributed by atoms with Crippen molar-refractivity contribution < 1.29 is 11.0 Å².